The van der Waals surface area contributed by atoms with Crippen molar-refractivity contribution < 1.29 is 0 Å². The minimum atomic E-state index is 1.09. The summed E-state index contributed by atoms with van der Waals surface area (Å²) in [6, 6.07) is 8.59. The van der Waals surface area contributed by atoms with Crippen LogP contribution < -0.4 is 0 Å². The van der Waals surface area contributed by atoms with Crippen LogP contribution in [-0.4, -0.2) is 0 Å². The Morgan fingerprint density at radius 2 is 2.00 bits per heavy atom. The Labute approximate surface area is 87.0 Å². The largest absolute Gasteiger partial charge is 0.0877 e. The molecule has 0 heterocycles. The molecule has 0 unspecified atom stereocenters. The van der Waals surface area contributed by atoms with Gasteiger partial charge in [0.25, 0.3) is 0 Å². The highest BCUT2D eigenvalue weighted by Crippen LogP contribution is 2.19. The molecule has 0 saturated heterocycles. The second-order valence-corrected chi connectivity index (χ2v) is 3.39. The van der Waals surface area contributed by atoms with Gasteiger partial charge in [-0.15, -0.1) is 0 Å². The lowest BCUT2D eigenvalue weighted by Crippen LogP contribution is -1.88. The minimum absolute atomic E-state index is 1.09. The molecule has 0 saturated carbocycles. The first-order chi connectivity index (χ1) is 6.79. The smallest absolute Gasteiger partial charge is 0.0195 e. The quantitative estimate of drug-likeness (QED) is 0.620. The summed E-state index contributed by atoms with van der Waals surface area (Å²) >= 11 is 0. The third kappa shape index (κ3) is 2.59. The highest BCUT2D eigenvalue weighted by Gasteiger charge is 1.99. The summed E-state index contributed by atoms with van der Waals surface area (Å²) < 4.78 is 0. The van der Waals surface area contributed by atoms with Crippen molar-refractivity contribution in [2.75, 3.05) is 0 Å². The molecule has 0 N–H and O–H groups in total. The first kappa shape index (κ1) is 10.8. The average molecular weight is 186 g/mol. The van der Waals surface area contributed by atoms with E-state index in [2.05, 4.69) is 56.3 Å². The van der Waals surface area contributed by atoms with Gasteiger partial charge in [-0.2, -0.15) is 0 Å². The van der Waals surface area contributed by atoms with E-state index in [0.29, 0.717) is 0 Å². The lowest BCUT2D eigenvalue weighted by atomic mass is 9.99. The topological polar surface area (TPSA) is 0 Å². The van der Waals surface area contributed by atoms with E-state index in [9.17, 15) is 0 Å². The average Bonchev–Trinajstić information content (AvgIpc) is 2.25. The van der Waals surface area contributed by atoms with Crippen molar-refractivity contribution >= 4 is 5.57 Å². The number of benzene rings is 1. The first-order valence-electron chi connectivity index (χ1n) is 5.17. The molecule has 0 aliphatic rings. The Hall–Kier alpha value is -1.30. The van der Waals surface area contributed by atoms with E-state index in [1.807, 2.05) is 6.92 Å². The lowest BCUT2D eigenvalue weighted by molar-refractivity contribution is 1.13. The molecular weight excluding hydrogens is 168 g/mol. The predicted molar refractivity (Wildman–Crippen MR) is 64.3 cm³/mol. The van der Waals surface area contributed by atoms with Gasteiger partial charge in [0.05, 0.1) is 0 Å². The molecule has 0 aliphatic heterocycles. The molecule has 0 fully saturated rings. The fourth-order valence-electron chi connectivity index (χ4n) is 1.54. The van der Waals surface area contributed by atoms with Crippen LogP contribution in [0.5, 0.6) is 0 Å². The van der Waals surface area contributed by atoms with Gasteiger partial charge in [-0.1, -0.05) is 49.4 Å². The minimum Gasteiger partial charge on any atom is -0.0877 e. The summed E-state index contributed by atoms with van der Waals surface area (Å²) in [6.07, 6.45) is 7.39. The van der Waals surface area contributed by atoms with Gasteiger partial charge >= 0.3 is 0 Å². The monoisotopic (exact) mass is 186 g/mol. The summed E-state index contributed by atoms with van der Waals surface area (Å²) in [5.74, 6) is 0. The van der Waals surface area contributed by atoms with Crippen LogP contribution in [-0.2, 0) is 6.42 Å². The van der Waals surface area contributed by atoms with Gasteiger partial charge in [-0.25, -0.2) is 0 Å². The lowest BCUT2D eigenvalue weighted by Gasteiger charge is -2.06. The predicted octanol–water partition coefficient (Wildman–Crippen LogP) is 4.23. The fraction of sp³-hybridized carbons (Fsp3) is 0.286. The molecule has 1 aromatic carbocycles. The van der Waals surface area contributed by atoms with E-state index in [4.69, 9.17) is 0 Å². The molecular formula is C14H18. The number of rotatable bonds is 3. The zero-order valence-electron chi connectivity index (χ0n) is 9.25. The number of allylic oxidation sites excluding steroid dienone is 4. The summed E-state index contributed by atoms with van der Waals surface area (Å²) in [5.41, 5.74) is 4.12. The van der Waals surface area contributed by atoms with Gasteiger partial charge in [-0.05, 0) is 37.0 Å². The van der Waals surface area contributed by atoms with Gasteiger partial charge < -0.3 is 0 Å². The zero-order valence-corrected chi connectivity index (χ0v) is 9.25. The van der Waals surface area contributed by atoms with Crippen molar-refractivity contribution in [2.24, 2.45) is 0 Å². The molecule has 0 bridgehead atoms. The van der Waals surface area contributed by atoms with Crippen molar-refractivity contribution in [3.63, 3.8) is 0 Å². The number of hydrogen-bond donors (Lipinski definition) is 0. The van der Waals surface area contributed by atoms with Gasteiger partial charge in [0.15, 0.2) is 0 Å². The number of hydrogen-bond acceptors (Lipinski definition) is 0. The second kappa shape index (κ2) is 5.43. The third-order valence-corrected chi connectivity index (χ3v) is 2.36. The van der Waals surface area contributed by atoms with Crippen LogP contribution in [0.1, 0.15) is 31.9 Å². The molecule has 0 aliphatic carbocycles. The summed E-state index contributed by atoms with van der Waals surface area (Å²) in [5, 5.41) is 0. The Morgan fingerprint density at radius 1 is 1.29 bits per heavy atom. The van der Waals surface area contributed by atoms with Gasteiger partial charge in [0.1, 0.15) is 0 Å². The Morgan fingerprint density at radius 3 is 2.64 bits per heavy atom. The third-order valence-electron chi connectivity index (χ3n) is 2.36. The van der Waals surface area contributed by atoms with Crippen LogP contribution >= 0.6 is 0 Å². The van der Waals surface area contributed by atoms with Gasteiger partial charge in [0, 0.05) is 0 Å². The van der Waals surface area contributed by atoms with Gasteiger partial charge in [0.2, 0.25) is 0 Å². The van der Waals surface area contributed by atoms with Crippen molar-refractivity contribution in [1.82, 2.24) is 0 Å². The van der Waals surface area contributed by atoms with E-state index in [1.165, 1.54) is 16.7 Å². The van der Waals surface area contributed by atoms with Crippen LogP contribution in [0.15, 0.2) is 42.5 Å². The maximum Gasteiger partial charge on any atom is -0.0195 e. The second-order valence-electron chi connectivity index (χ2n) is 3.39. The van der Waals surface area contributed by atoms with Crippen molar-refractivity contribution in [2.45, 2.75) is 27.2 Å². The summed E-state index contributed by atoms with van der Waals surface area (Å²) in [4.78, 5) is 0. The van der Waals surface area contributed by atoms with Crippen molar-refractivity contribution in [3.8, 4) is 0 Å². The fourth-order valence-corrected chi connectivity index (χ4v) is 1.54. The van der Waals surface area contributed by atoms with Crippen LogP contribution in [0.3, 0.4) is 0 Å². The zero-order chi connectivity index (χ0) is 10.4. The van der Waals surface area contributed by atoms with Gasteiger partial charge in [-0.3, -0.25) is 0 Å². The van der Waals surface area contributed by atoms with Crippen molar-refractivity contribution in [3.05, 3.63) is 53.6 Å². The van der Waals surface area contributed by atoms with E-state index in [1.54, 1.807) is 0 Å². The maximum atomic E-state index is 2.20. The highest BCUT2D eigenvalue weighted by atomic mass is 14.0. The molecule has 0 radical (unpaired) electrons. The van der Waals surface area contributed by atoms with E-state index >= 15 is 0 Å². The van der Waals surface area contributed by atoms with E-state index in [0.717, 1.165) is 6.42 Å². The Balaban J connectivity index is 3.05. The maximum absolute atomic E-state index is 2.20. The Kier molecular flexibility index (Phi) is 4.18. The molecule has 0 amide bonds. The molecule has 74 valence electrons. The van der Waals surface area contributed by atoms with Crippen LogP contribution in [0.4, 0.5) is 0 Å². The standard InChI is InChI=1S/C14H18/c1-4-6-9-12(3)14-11-8-7-10-13(14)5-2/h4,6-11H,5H2,1-3H3/b6-4-,12-9+. The highest BCUT2D eigenvalue weighted by molar-refractivity contribution is 5.67. The first-order valence-corrected chi connectivity index (χ1v) is 5.17. The molecule has 1 aromatic rings. The normalized spacial score (nSPS) is 12.4. The van der Waals surface area contributed by atoms with Crippen LogP contribution in [0, 0.1) is 0 Å². The molecule has 14 heavy (non-hydrogen) atoms. The molecule has 0 nitrogen and oxygen atoms in total. The molecule has 0 spiro atoms. The molecule has 0 atom stereocenters. The Bertz CT molecular complexity index is 343. The van der Waals surface area contributed by atoms with Crippen molar-refractivity contribution in [1.29, 1.82) is 0 Å². The molecule has 0 aromatic heterocycles. The van der Waals surface area contributed by atoms with E-state index < -0.39 is 0 Å². The summed E-state index contributed by atoms with van der Waals surface area (Å²) in [7, 11) is 0. The summed E-state index contributed by atoms with van der Waals surface area (Å²) in [6.45, 7) is 6.39. The molecule has 0 heteroatoms. The van der Waals surface area contributed by atoms with E-state index in [-0.39, 0.29) is 0 Å². The SMILES string of the molecule is C/C=C\C=C(/C)c1ccccc1CC. The number of aryl methyl sites for hydroxylation is 1. The van der Waals surface area contributed by atoms with Crippen LogP contribution in [0.25, 0.3) is 5.57 Å². The molecule has 1 rings (SSSR count). The van der Waals surface area contributed by atoms with Crippen LogP contribution in [0.2, 0.25) is 0 Å².